The van der Waals surface area contributed by atoms with Gasteiger partial charge in [0.15, 0.2) is 0 Å². The fourth-order valence-electron chi connectivity index (χ4n) is 3.76. The Labute approximate surface area is 141 Å². The second-order valence-corrected chi connectivity index (χ2v) is 10.2. The van der Waals surface area contributed by atoms with Crippen molar-refractivity contribution in [3.05, 3.63) is 0 Å². The number of carbonyl (C=O) groups excluding carboxylic acids is 1. The Morgan fingerprint density at radius 1 is 1.19 bits per heavy atom. The molecule has 3 atom stereocenters. The lowest BCUT2D eigenvalue weighted by molar-refractivity contribution is -0.138. The van der Waals surface area contributed by atoms with E-state index in [4.69, 9.17) is 4.74 Å². The van der Waals surface area contributed by atoms with Crippen LogP contribution < -0.4 is 0 Å². The van der Waals surface area contributed by atoms with Crippen LogP contribution in [-0.4, -0.2) is 51.5 Å². The molecule has 3 aliphatic rings. The molecular weight excluding hydrogens is 320 g/mol. The van der Waals surface area contributed by atoms with E-state index in [1.165, 1.54) is 17.3 Å². The van der Waals surface area contributed by atoms with Gasteiger partial charge in [-0.05, 0) is 43.6 Å². The third-order valence-electron chi connectivity index (χ3n) is 5.03. The molecule has 0 radical (unpaired) electrons. The van der Waals surface area contributed by atoms with Gasteiger partial charge in [-0.3, -0.25) is 4.79 Å². The van der Waals surface area contributed by atoms with E-state index in [1.807, 2.05) is 35.3 Å². The number of hydrogen-bond donors (Lipinski definition) is 0. The van der Waals surface area contributed by atoms with Gasteiger partial charge in [0.1, 0.15) is 5.78 Å². The average molecular weight is 347 g/mol. The molecule has 3 heterocycles. The average Bonchev–Trinajstić information content (AvgIpc) is 2.55. The molecule has 0 aromatic carbocycles. The minimum absolute atomic E-state index is 0.0397. The first-order valence-electron chi connectivity index (χ1n) is 8.23. The zero-order valence-corrected chi connectivity index (χ0v) is 15.3. The topological polar surface area (TPSA) is 26.3 Å². The maximum Gasteiger partial charge on any atom is 0.150 e. The predicted molar refractivity (Wildman–Crippen MR) is 95.8 cm³/mol. The first-order valence-corrected chi connectivity index (χ1v) is 11.5. The van der Waals surface area contributed by atoms with Crippen molar-refractivity contribution in [2.24, 2.45) is 5.92 Å². The van der Waals surface area contributed by atoms with E-state index in [1.54, 1.807) is 0 Å². The quantitative estimate of drug-likeness (QED) is 0.773. The summed E-state index contributed by atoms with van der Waals surface area (Å²) in [6, 6.07) is 0. The van der Waals surface area contributed by atoms with E-state index < -0.39 is 0 Å². The summed E-state index contributed by atoms with van der Waals surface area (Å²) in [5, 5.41) is 0.781. The largest absolute Gasteiger partial charge is 0.375 e. The van der Waals surface area contributed by atoms with Crippen molar-refractivity contribution in [2.75, 3.05) is 29.6 Å². The molecule has 3 saturated heterocycles. The summed E-state index contributed by atoms with van der Waals surface area (Å²) >= 11 is 5.96. The highest BCUT2D eigenvalue weighted by Gasteiger charge is 2.43. The Morgan fingerprint density at radius 3 is 2.71 bits per heavy atom. The van der Waals surface area contributed by atoms with Crippen molar-refractivity contribution >= 4 is 41.1 Å². The van der Waals surface area contributed by atoms with Crippen LogP contribution in [0.25, 0.3) is 0 Å². The number of rotatable bonds is 3. The van der Waals surface area contributed by atoms with Gasteiger partial charge < -0.3 is 4.74 Å². The van der Waals surface area contributed by atoms with Gasteiger partial charge in [0, 0.05) is 29.3 Å². The van der Waals surface area contributed by atoms with Crippen LogP contribution in [0, 0.1) is 5.92 Å². The van der Waals surface area contributed by atoms with Crippen molar-refractivity contribution in [1.29, 1.82) is 0 Å². The van der Waals surface area contributed by atoms with Gasteiger partial charge in [-0.1, -0.05) is 6.92 Å². The van der Waals surface area contributed by atoms with Gasteiger partial charge in [-0.25, -0.2) is 0 Å². The van der Waals surface area contributed by atoms with Crippen LogP contribution in [0.5, 0.6) is 0 Å². The summed E-state index contributed by atoms with van der Waals surface area (Å²) in [5.74, 6) is 5.55. The molecular formula is C16H26O2S3. The van der Waals surface area contributed by atoms with Crippen LogP contribution in [0.1, 0.15) is 39.0 Å². The molecule has 0 aliphatic carbocycles. The molecule has 0 aromatic rings. The Kier molecular flexibility index (Phi) is 5.90. The van der Waals surface area contributed by atoms with Crippen molar-refractivity contribution in [3.8, 4) is 0 Å². The first kappa shape index (κ1) is 16.5. The molecule has 1 spiro atoms. The standard InChI is InChI=1S/C16H26O2S3/c1-2-13-15(21-10-9-20-13)14(17)12-3-6-18-16(11-12)4-7-19-8-5-16/h12-13,15H,2-11H2,1H3. The van der Waals surface area contributed by atoms with Crippen LogP contribution in [0.3, 0.4) is 0 Å². The SMILES string of the molecule is CCC1SCCSC1C(=O)C1CCOC2(CCSCC2)C1. The normalized spacial score (nSPS) is 36.5. The first-order chi connectivity index (χ1) is 10.2. The molecule has 3 aliphatic heterocycles. The predicted octanol–water partition coefficient (Wildman–Crippen LogP) is 3.88. The molecule has 2 nitrogen and oxygen atoms in total. The molecule has 21 heavy (non-hydrogen) atoms. The van der Waals surface area contributed by atoms with Crippen LogP contribution in [0.2, 0.25) is 0 Å². The van der Waals surface area contributed by atoms with E-state index in [0.717, 1.165) is 44.5 Å². The molecule has 0 aromatic heterocycles. The number of hydrogen-bond acceptors (Lipinski definition) is 5. The highest BCUT2D eigenvalue weighted by Crippen LogP contribution is 2.43. The molecule has 3 rings (SSSR count). The Balaban J connectivity index is 1.66. The van der Waals surface area contributed by atoms with Gasteiger partial charge in [0.05, 0.1) is 10.9 Å². The number of Topliss-reactive ketones (excluding diaryl/α,β-unsaturated/α-hetero) is 1. The summed E-state index contributed by atoms with van der Waals surface area (Å²) in [7, 11) is 0. The Morgan fingerprint density at radius 2 is 1.95 bits per heavy atom. The van der Waals surface area contributed by atoms with Gasteiger partial charge in [-0.15, -0.1) is 11.8 Å². The van der Waals surface area contributed by atoms with Gasteiger partial charge in [0.2, 0.25) is 0 Å². The highest BCUT2D eigenvalue weighted by molar-refractivity contribution is 8.07. The molecule has 0 bridgehead atoms. The van der Waals surface area contributed by atoms with E-state index in [2.05, 4.69) is 6.92 Å². The van der Waals surface area contributed by atoms with Crippen LogP contribution in [0.15, 0.2) is 0 Å². The van der Waals surface area contributed by atoms with E-state index in [0.29, 0.717) is 11.0 Å². The molecule has 0 amide bonds. The number of ketones is 1. The number of ether oxygens (including phenoxy) is 1. The third kappa shape index (κ3) is 3.78. The Bertz CT molecular complexity index is 363. The van der Waals surface area contributed by atoms with Gasteiger partial charge >= 0.3 is 0 Å². The maximum atomic E-state index is 13.1. The molecule has 3 fully saturated rings. The molecule has 5 heteroatoms. The molecule has 0 N–H and O–H groups in total. The van der Waals surface area contributed by atoms with Crippen molar-refractivity contribution < 1.29 is 9.53 Å². The van der Waals surface area contributed by atoms with Crippen molar-refractivity contribution in [2.45, 2.75) is 55.1 Å². The van der Waals surface area contributed by atoms with E-state index in [-0.39, 0.29) is 16.8 Å². The minimum Gasteiger partial charge on any atom is -0.375 e. The van der Waals surface area contributed by atoms with Crippen molar-refractivity contribution in [3.63, 3.8) is 0 Å². The fraction of sp³-hybridized carbons (Fsp3) is 0.938. The van der Waals surface area contributed by atoms with E-state index in [9.17, 15) is 4.79 Å². The third-order valence-corrected chi connectivity index (χ3v) is 9.28. The summed E-state index contributed by atoms with van der Waals surface area (Å²) < 4.78 is 6.15. The van der Waals surface area contributed by atoms with Crippen LogP contribution in [-0.2, 0) is 9.53 Å². The zero-order valence-electron chi connectivity index (χ0n) is 12.8. The van der Waals surface area contributed by atoms with Crippen molar-refractivity contribution in [1.82, 2.24) is 0 Å². The second kappa shape index (κ2) is 7.50. The van der Waals surface area contributed by atoms with Gasteiger partial charge in [-0.2, -0.15) is 23.5 Å². The fourth-order valence-corrected chi connectivity index (χ4v) is 8.10. The monoisotopic (exact) mass is 346 g/mol. The van der Waals surface area contributed by atoms with Gasteiger partial charge in [0.25, 0.3) is 0 Å². The zero-order chi connectivity index (χ0) is 14.7. The summed E-state index contributed by atoms with van der Waals surface area (Å²) in [4.78, 5) is 13.1. The maximum absolute atomic E-state index is 13.1. The number of thioether (sulfide) groups is 3. The second-order valence-electron chi connectivity index (χ2n) is 6.34. The molecule has 120 valence electrons. The molecule has 3 unspecified atom stereocenters. The lowest BCUT2D eigenvalue weighted by Gasteiger charge is -2.44. The Hall–Kier alpha value is 0.680. The summed E-state index contributed by atoms with van der Waals surface area (Å²) in [6.07, 6.45) is 5.35. The van der Waals surface area contributed by atoms with E-state index >= 15 is 0 Å². The lowest BCUT2D eigenvalue weighted by Crippen LogP contribution is -2.47. The summed E-state index contributed by atoms with van der Waals surface area (Å²) in [6.45, 7) is 3.02. The van der Waals surface area contributed by atoms with Crippen LogP contribution >= 0.6 is 35.3 Å². The minimum atomic E-state index is 0.0397. The highest BCUT2D eigenvalue weighted by atomic mass is 32.2. The number of carbonyl (C=O) groups is 1. The van der Waals surface area contributed by atoms with Crippen LogP contribution in [0.4, 0.5) is 0 Å². The lowest BCUT2D eigenvalue weighted by atomic mass is 9.79. The summed E-state index contributed by atoms with van der Waals surface area (Å²) in [5.41, 5.74) is 0.0397. The smallest absolute Gasteiger partial charge is 0.150 e. The molecule has 0 saturated carbocycles.